The molecular formula is C44H27NS2. The Labute approximate surface area is 313 Å². The van der Waals surface area contributed by atoms with Gasteiger partial charge in [0.25, 0.3) is 0 Å². The summed E-state index contributed by atoms with van der Waals surface area (Å²) in [7, 11) is 0. The number of fused-ring (bicyclic) bond motifs is 10. The molecule has 0 aliphatic carbocycles. The van der Waals surface area contributed by atoms with E-state index < -0.39 is 173 Å². The first-order valence-electron chi connectivity index (χ1n) is 26.0. The zero-order chi connectivity index (χ0) is 51.8. The minimum absolute atomic E-state index is 0.0132. The molecule has 2 aromatic heterocycles. The Kier molecular flexibility index (Phi) is 2.75. The second-order valence-corrected chi connectivity index (χ2v) is 12.3. The summed E-state index contributed by atoms with van der Waals surface area (Å²) < 4.78 is 214. The van der Waals surface area contributed by atoms with Gasteiger partial charge in [-0.25, -0.2) is 0 Å². The molecule has 8 aromatic carbocycles. The lowest BCUT2D eigenvalue weighted by molar-refractivity contribution is 1.29. The van der Waals surface area contributed by atoms with Gasteiger partial charge in [0.05, 0.1) is 32.9 Å². The molecule has 0 spiro atoms. The molecule has 3 heteroatoms. The van der Waals surface area contributed by atoms with E-state index >= 15 is 0 Å². The summed E-state index contributed by atoms with van der Waals surface area (Å²) in [6.45, 7) is 0. The average Bonchev–Trinajstić information content (AvgIpc) is 3.94. The number of benzene rings is 8. The Balaban J connectivity index is 1.38. The molecule has 0 amide bonds. The monoisotopic (exact) mass is 657 g/mol. The van der Waals surface area contributed by atoms with Crippen molar-refractivity contribution in [3.05, 3.63) is 163 Å². The molecule has 0 bridgehead atoms. The molecule has 0 radical (unpaired) electrons. The Morgan fingerprint density at radius 2 is 1.00 bits per heavy atom. The highest BCUT2D eigenvalue weighted by molar-refractivity contribution is 7.26. The predicted octanol–water partition coefficient (Wildman–Crippen LogP) is 13.9. The predicted molar refractivity (Wildman–Crippen MR) is 207 cm³/mol. The van der Waals surface area contributed by atoms with Gasteiger partial charge in [0.2, 0.25) is 0 Å². The van der Waals surface area contributed by atoms with Crippen molar-refractivity contribution < 1.29 is 32.9 Å². The highest BCUT2D eigenvalue weighted by Gasteiger charge is 2.17. The van der Waals surface area contributed by atoms with Crippen LogP contribution in [-0.2, 0) is 0 Å². The van der Waals surface area contributed by atoms with Crippen LogP contribution >= 0.6 is 22.7 Å². The van der Waals surface area contributed by atoms with Crippen molar-refractivity contribution in [1.82, 2.24) is 0 Å². The molecule has 1 nitrogen and oxygen atoms in total. The van der Waals surface area contributed by atoms with Crippen molar-refractivity contribution in [3.8, 4) is 11.1 Å². The van der Waals surface area contributed by atoms with Gasteiger partial charge in [-0.3, -0.25) is 0 Å². The largest absolute Gasteiger partial charge is 0.310 e. The summed E-state index contributed by atoms with van der Waals surface area (Å²) in [5.74, 6) is 0. The van der Waals surface area contributed by atoms with Crippen molar-refractivity contribution in [1.29, 1.82) is 0 Å². The highest BCUT2D eigenvalue weighted by Crippen LogP contribution is 2.44. The van der Waals surface area contributed by atoms with E-state index in [4.69, 9.17) is 20.6 Å². The Hall–Kier alpha value is -5.48. The van der Waals surface area contributed by atoms with Gasteiger partial charge in [0.1, 0.15) is 0 Å². The average molecular weight is 658 g/mol. The van der Waals surface area contributed by atoms with Crippen molar-refractivity contribution in [2.75, 3.05) is 4.90 Å². The van der Waals surface area contributed by atoms with Crippen LogP contribution in [0.25, 0.3) is 73.0 Å². The molecule has 0 aliphatic heterocycles. The number of thiophene rings is 2. The first-order chi connectivity index (χ1) is 33.3. The van der Waals surface area contributed by atoms with Crippen LogP contribution in [0.5, 0.6) is 0 Å². The van der Waals surface area contributed by atoms with Crippen LogP contribution in [0.4, 0.5) is 17.1 Å². The molecule has 0 atom stereocenters. The first kappa shape index (κ1) is 12.3. The van der Waals surface area contributed by atoms with Crippen LogP contribution < -0.4 is 4.90 Å². The quantitative estimate of drug-likeness (QED) is 0.182. The third-order valence-electron chi connectivity index (χ3n) is 7.65. The molecule has 0 aliphatic rings. The second kappa shape index (κ2) is 10.5. The van der Waals surface area contributed by atoms with Gasteiger partial charge in [-0.15, -0.1) is 22.7 Å². The SMILES string of the molecule is [2H]c1cc(N(c2cc([2H])c3c(c2)c([2H])c([2H])c2sc4c([2H])c([2H])c([2H])c([2H])c4c23)c2c([2H])c([2H])c3c(c2[2H])c([2H])c([2H])c2sc4c([2H])c([2H])c([2H])c([2H])c4c23)c([2H])c([2H])c1-c1c([2H])c([2H])c([2H])c([2H])c1[2H]. The van der Waals surface area contributed by atoms with Gasteiger partial charge in [0, 0.05) is 57.4 Å². The van der Waals surface area contributed by atoms with Crippen molar-refractivity contribution in [3.63, 3.8) is 0 Å². The number of nitrogens with zero attached hydrogens (tertiary/aromatic N) is 1. The van der Waals surface area contributed by atoms with Crippen molar-refractivity contribution in [2.45, 2.75) is 0 Å². The number of hydrogen-bond donors (Lipinski definition) is 0. The molecule has 0 saturated carbocycles. The summed E-state index contributed by atoms with van der Waals surface area (Å²) >= 11 is 1.60. The van der Waals surface area contributed by atoms with E-state index in [9.17, 15) is 12.3 Å². The molecule has 0 N–H and O–H groups in total. The van der Waals surface area contributed by atoms with Gasteiger partial charge in [-0.05, 0) is 93.2 Å². The summed E-state index contributed by atoms with van der Waals surface area (Å²) in [6.07, 6.45) is 0. The molecule has 220 valence electrons. The lowest BCUT2D eigenvalue weighted by Gasteiger charge is -2.26. The second-order valence-electron chi connectivity index (χ2n) is 10.3. The smallest absolute Gasteiger partial charge is 0.0651 e. The van der Waals surface area contributed by atoms with E-state index in [1.807, 2.05) is 0 Å². The zero-order valence-electron chi connectivity index (χ0n) is 47.5. The van der Waals surface area contributed by atoms with Crippen LogP contribution in [0.1, 0.15) is 32.9 Å². The Morgan fingerprint density at radius 1 is 0.404 bits per heavy atom. The molecule has 10 aromatic rings. The standard InChI is InChI=1S/C44H27NS2/c1-2-8-28(9-3-1)29-14-18-32(19-15-29)45(33-20-22-35-30(26-33)16-24-41-43(35)37-10-4-6-12-39(37)46-41)34-21-23-36-31(27-34)17-25-42-44(36)38-11-5-7-13-40(38)47-42/h1-27H/i1D,2D,3D,4D,5D,6D,7D,8D,9D,10D,11D,12D,13D,14D,15D,16D,17D,18D,20D,22D,23D,24D,25D,26D. The van der Waals surface area contributed by atoms with E-state index in [2.05, 4.69) is 0 Å². The normalized spacial score (nSPS) is 19.0. The summed E-state index contributed by atoms with van der Waals surface area (Å²) in [6, 6.07) is -12.2. The first-order valence-corrected chi connectivity index (χ1v) is 15.6. The minimum Gasteiger partial charge on any atom is -0.310 e. The minimum atomic E-state index is -0.877. The summed E-state index contributed by atoms with van der Waals surface area (Å²) in [5, 5.41) is -1.19. The lowest BCUT2D eigenvalue weighted by Crippen LogP contribution is -2.10. The fourth-order valence-electron chi connectivity index (χ4n) is 5.60. The van der Waals surface area contributed by atoms with E-state index in [0.717, 1.165) is 39.7 Å². The van der Waals surface area contributed by atoms with Crippen molar-refractivity contribution >= 4 is 102 Å². The maximum atomic E-state index is 9.84. The Morgan fingerprint density at radius 3 is 1.74 bits per heavy atom. The highest BCUT2D eigenvalue weighted by atomic mass is 32.1. The van der Waals surface area contributed by atoms with E-state index in [1.165, 1.54) is 6.07 Å². The van der Waals surface area contributed by atoms with Crippen molar-refractivity contribution in [2.24, 2.45) is 0 Å². The van der Waals surface area contributed by atoms with Gasteiger partial charge in [0.15, 0.2) is 0 Å². The zero-order valence-corrected chi connectivity index (χ0v) is 25.1. The molecule has 0 saturated heterocycles. The molecule has 0 unspecified atom stereocenters. The number of anilines is 3. The van der Waals surface area contributed by atoms with E-state index in [0.29, 0.717) is 0 Å². The van der Waals surface area contributed by atoms with Gasteiger partial charge in [-0.2, -0.15) is 0 Å². The van der Waals surface area contributed by atoms with Crippen LogP contribution in [0.2, 0.25) is 0 Å². The fourth-order valence-corrected chi connectivity index (χ4v) is 7.54. The van der Waals surface area contributed by atoms with E-state index in [-0.39, 0.29) is 62.2 Å². The third kappa shape index (κ3) is 4.28. The molecular weight excluding hydrogens is 607 g/mol. The summed E-state index contributed by atoms with van der Waals surface area (Å²) in [4.78, 5) is 0.930. The van der Waals surface area contributed by atoms with Crippen LogP contribution in [0.3, 0.4) is 0 Å². The van der Waals surface area contributed by atoms with Gasteiger partial charge >= 0.3 is 0 Å². The molecule has 10 rings (SSSR count). The van der Waals surface area contributed by atoms with Gasteiger partial charge < -0.3 is 4.90 Å². The Bertz CT molecular complexity index is 4150. The molecule has 47 heavy (non-hydrogen) atoms. The van der Waals surface area contributed by atoms with Gasteiger partial charge in [-0.1, -0.05) is 103 Å². The fraction of sp³-hybridized carbons (Fsp3) is 0. The molecule has 2 heterocycles. The summed E-state index contributed by atoms with van der Waals surface area (Å²) in [5.41, 5.74) is -2.63. The maximum Gasteiger partial charge on any atom is 0.0651 e. The third-order valence-corrected chi connectivity index (χ3v) is 9.69. The number of hydrogen-bond acceptors (Lipinski definition) is 3. The van der Waals surface area contributed by atoms with Crippen LogP contribution in [0.15, 0.2) is 163 Å². The van der Waals surface area contributed by atoms with Crippen LogP contribution in [-0.4, -0.2) is 0 Å². The molecule has 0 fully saturated rings. The maximum absolute atomic E-state index is 9.84. The lowest BCUT2D eigenvalue weighted by atomic mass is 10.0. The van der Waals surface area contributed by atoms with Crippen LogP contribution in [0, 0.1) is 0 Å². The topological polar surface area (TPSA) is 3.24 Å². The van der Waals surface area contributed by atoms with E-state index in [1.54, 1.807) is 0 Å². The number of rotatable bonds is 4.